The van der Waals surface area contributed by atoms with Gasteiger partial charge in [0.15, 0.2) is 0 Å². The normalized spacial score (nSPS) is 12.5. The van der Waals surface area contributed by atoms with Crippen molar-refractivity contribution in [3.63, 3.8) is 0 Å². The maximum atomic E-state index is 5.46. The number of likely N-dealkylation sites (N-methyl/N-ethyl adjacent to an activating group) is 1. The average Bonchev–Trinajstić information content (AvgIpc) is 1.78. The third kappa shape index (κ3) is 10.7. The maximum Gasteiger partial charge on any atom is 0.0607 e. The number of hydrogen-bond acceptors (Lipinski definition) is 2. The van der Waals surface area contributed by atoms with Crippen molar-refractivity contribution in [2.75, 3.05) is 33.9 Å². The predicted octanol–water partition coefficient (Wildman–Crippen LogP) is 1.78. The second-order valence-corrected chi connectivity index (χ2v) is 6.49. The lowest BCUT2D eigenvalue weighted by molar-refractivity contribution is 0.108. The minimum atomic E-state index is 0.268. The zero-order chi connectivity index (χ0) is 8.91. The van der Waals surface area contributed by atoms with Gasteiger partial charge in [-0.2, -0.15) is 0 Å². The second-order valence-electron chi connectivity index (χ2n) is 3.57. The summed E-state index contributed by atoms with van der Waals surface area (Å²) in [5.41, 5.74) is 0. The van der Waals surface area contributed by atoms with Gasteiger partial charge < -0.3 is 9.64 Å². The van der Waals surface area contributed by atoms with Gasteiger partial charge in [-0.15, -0.1) is 0 Å². The van der Waals surface area contributed by atoms with Crippen molar-refractivity contribution in [2.45, 2.75) is 17.3 Å². The molecule has 0 spiro atoms. The van der Waals surface area contributed by atoms with E-state index in [0.717, 1.165) is 19.8 Å². The highest BCUT2D eigenvalue weighted by atomic mass is 127. The monoisotopic (exact) mass is 271 g/mol. The van der Waals surface area contributed by atoms with E-state index in [1.807, 2.05) is 0 Å². The molecule has 0 aromatic rings. The number of halogens is 1. The fourth-order valence-electron chi connectivity index (χ4n) is 0.562. The lowest BCUT2D eigenvalue weighted by Crippen LogP contribution is -2.23. The molecule has 0 saturated heterocycles. The van der Waals surface area contributed by atoms with E-state index in [2.05, 4.69) is 55.4 Å². The maximum absolute atomic E-state index is 5.46. The molecule has 0 fully saturated rings. The predicted molar refractivity (Wildman–Crippen MR) is 57.5 cm³/mol. The Hall–Kier alpha value is 0.650. The van der Waals surface area contributed by atoms with Crippen molar-refractivity contribution < 1.29 is 4.74 Å². The van der Waals surface area contributed by atoms with E-state index in [-0.39, 0.29) is 3.42 Å². The first kappa shape index (κ1) is 11.6. The summed E-state index contributed by atoms with van der Waals surface area (Å²) in [6, 6.07) is 0. The highest BCUT2D eigenvalue weighted by Crippen LogP contribution is 2.16. The molecule has 0 aliphatic rings. The van der Waals surface area contributed by atoms with Crippen molar-refractivity contribution in [2.24, 2.45) is 0 Å². The Bertz CT molecular complexity index is 98.8. The van der Waals surface area contributed by atoms with Crippen LogP contribution in [0.2, 0.25) is 0 Å². The van der Waals surface area contributed by atoms with Crippen molar-refractivity contribution in [3.8, 4) is 0 Å². The molecule has 68 valence electrons. The molecular weight excluding hydrogens is 253 g/mol. The molecule has 0 unspecified atom stereocenters. The summed E-state index contributed by atoms with van der Waals surface area (Å²) in [4.78, 5) is 2.13. The molecule has 0 radical (unpaired) electrons. The third-order valence-electron chi connectivity index (χ3n) is 1.13. The molecule has 11 heavy (non-hydrogen) atoms. The van der Waals surface area contributed by atoms with Gasteiger partial charge in [0.2, 0.25) is 0 Å². The minimum absolute atomic E-state index is 0.268. The van der Waals surface area contributed by atoms with Gasteiger partial charge >= 0.3 is 0 Å². The first-order valence-corrected chi connectivity index (χ1v) is 4.91. The molecule has 0 amide bonds. The topological polar surface area (TPSA) is 12.5 Å². The van der Waals surface area contributed by atoms with Crippen LogP contribution in [0.5, 0.6) is 0 Å². The molecule has 0 rings (SSSR count). The molecular formula is C8H18INO. The van der Waals surface area contributed by atoms with Crippen molar-refractivity contribution >= 4 is 22.6 Å². The third-order valence-corrected chi connectivity index (χ3v) is 1.44. The lowest BCUT2D eigenvalue weighted by atomic mass is 10.2. The molecule has 0 heterocycles. The Morgan fingerprint density at radius 1 is 1.36 bits per heavy atom. The molecule has 0 aromatic carbocycles. The fourth-order valence-corrected chi connectivity index (χ4v) is 0.782. The van der Waals surface area contributed by atoms with Crippen molar-refractivity contribution in [1.29, 1.82) is 0 Å². The molecule has 0 aliphatic heterocycles. The number of ether oxygens (including phenoxy) is 1. The van der Waals surface area contributed by atoms with Crippen LogP contribution < -0.4 is 0 Å². The fraction of sp³-hybridized carbons (Fsp3) is 1.00. The number of alkyl halides is 1. The van der Waals surface area contributed by atoms with Crippen molar-refractivity contribution in [1.82, 2.24) is 4.90 Å². The Morgan fingerprint density at radius 3 is 2.27 bits per heavy atom. The van der Waals surface area contributed by atoms with E-state index in [9.17, 15) is 0 Å². The van der Waals surface area contributed by atoms with Crippen LogP contribution >= 0.6 is 22.6 Å². The Kier molecular flexibility index (Phi) is 5.64. The van der Waals surface area contributed by atoms with Crippen LogP contribution in [0.4, 0.5) is 0 Å². The Morgan fingerprint density at radius 2 is 1.91 bits per heavy atom. The minimum Gasteiger partial charge on any atom is -0.379 e. The lowest BCUT2D eigenvalue weighted by Gasteiger charge is -2.17. The Balaban J connectivity index is 3.15. The summed E-state index contributed by atoms with van der Waals surface area (Å²) < 4.78 is 5.73. The molecule has 3 heteroatoms. The van der Waals surface area contributed by atoms with Crippen LogP contribution in [0.25, 0.3) is 0 Å². The SMILES string of the molecule is CN(C)CCOCC(C)(C)I. The summed E-state index contributed by atoms with van der Waals surface area (Å²) >= 11 is 2.40. The summed E-state index contributed by atoms with van der Waals surface area (Å²) in [6.07, 6.45) is 0. The van der Waals surface area contributed by atoms with Gasteiger partial charge in [-0.05, 0) is 27.9 Å². The van der Waals surface area contributed by atoms with Crippen LogP contribution in [-0.4, -0.2) is 42.2 Å². The smallest absolute Gasteiger partial charge is 0.0607 e. The summed E-state index contributed by atoms with van der Waals surface area (Å²) in [5, 5.41) is 0. The standard InChI is InChI=1S/C8H18INO/c1-8(2,9)7-11-6-5-10(3)4/h5-7H2,1-4H3. The van der Waals surface area contributed by atoms with Gasteiger partial charge in [-0.1, -0.05) is 22.6 Å². The second kappa shape index (κ2) is 5.32. The first-order chi connectivity index (χ1) is 4.92. The summed E-state index contributed by atoms with van der Waals surface area (Å²) in [5.74, 6) is 0. The van der Waals surface area contributed by atoms with Crippen LogP contribution in [0, 0.1) is 0 Å². The van der Waals surface area contributed by atoms with E-state index in [1.54, 1.807) is 0 Å². The van der Waals surface area contributed by atoms with Crippen molar-refractivity contribution in [3.05, 3.63) is 0 Å². The van der Waals surface area contributed by atoms with Crippen LogP contribution in [-0.2, 0) is 4.74 Å². The average molecular weight is 271 g/mol. The van der Waals surface area contributed by atoms with Gasteiger partial charge in [-0.3, -0.25) is 0 Å². The molecule has 2 nitrogen and oxygen atoms in total. The van der Waals surface area contributed by atoms with Gasteiger partial charge in [-0.25, -0.2) is 0 Å². The molecule has 0 atom stereocenters. The zero-order valence-corrected chi connectivity index (χ0v) is 10.0. The van der Waals surface area contributed by atoms with E-state index in [1.165, 1.54) is 0 Å². The quantitative estimate of drug-likeness (QED) is 0.429. The zero-order valence-electron chi connectivity index (χ0n) is 7.85. The van der Waals surface area contributed by atoms with Gasteiger partial charge in [0.1, 0.15) is 0 Å². The number of hydrogen-bond donors (Lipinski definition) is 0. The largest absolute Gasteiger partial charge is 0.379 e. The first-order valence-electron chi connectivity index (χ1n) is 3.83. The van der Waals surface area contributed by atoms with Crippen LogP contribution in [0.15, 0.2) is 0 Å². The van der Waals surface area contributed by atoms with Crippen LogP contribution in [0.3, 0.4) is 0 Å². The van der Waals surface area contributed by atoms with E-state index in [0.29, 0.717) is 0 Å². The molecule has 0 aliphatic carbocycles. The van der Waals surface area contributed by atoms with E-state index >= 15 is 0 Å². The highest BCUT2D eigenvalue weighted by Gasteiger charge is 2.11. The van der Waals surface area contributed by atoms with Gasteiger partial charge in [0.25, 0.3) is 0 Å². The van der Waals surface area contributed by atoms with Gasteiger partial charge in [0.05, 0.1) is 13.2 Å². The van der Waals surface area contributed by atoms with E-state index < -0.39 is 0 Å². The number of nitrogens with zero attached hydrogens (tertiary/aromatic N) is 1. The summed E-state index contributed by atoms with van der Waals surface area (Å²) in [6.45, 7) is 7.01. The molecule has 0 bridgehead atoms. The summed E-state index contributed by atoms with van der Waals surface area (Å²) in [7, 11) is 4.11. The Labute approximate surface area is 83.4 Å². The highest BCUT2D eigenvalue weighted by molar-refractivity contribution is 14.1. The molecule has 0 saturated carbocycles. The molecule has 0 N–H and O–H groups in total. The van der Waals surface area contributed by atoms with E-state index in [4.69, 9.17) is 4.74 Å². The number of rotatable bonds is 5. The van der Waals surface area contributed by atoms with Gasteiger partial charge in [0, 0.05) is 9.97 Å². The van der Waals surface area contributed by atoms with Crippen LogP contribution in [0.1, 0.15) is 13.8 Å². The molecule has 0 aromatic heterocycles.